The molecule has 2 nitrogen and oxygen atoms in total. The maximum atomic E-state index is 5.28. The fraction of sp³-hybridized carbons (Fsp3) is 1.00. The Bertz CT molecular complexity index is 38.7. The maximum absolute atomic E-state index is 5.28. The van der Waals surface area contributed by atoms with Gasteiger partial charge in [-0.15, -0.1) is 24.8 Å². The van der Waals surface area contributed by atoms with Gasteiger partial charge in [-0.2, -0.15) is 0 Å². The van der Waals surface area contributed by atoms with E-state index in [1.165, 1.54) is 6.42 Å². The number of hydrogen-bond acceptors (Lipinski definition) is 2. The second-order valence-electron chi connectivity index (χ2n) is 1.85. The fourth-order valence-corrected chi connectivity index (χ4v) is 0.571. The monoisotopic (exact) mass is 188 g/mol. The maximum Gasteiger partial charge on any atom is -0.00486 e. The van der Waals surface area contributed by atoms with Crippen molar-refractivity contribution in [3.63, 3.8) is 0 Å². The molecule has 0 rings (SSSR count). The van der Waals surface area contributed by atoms with Crippen LogP contribution in [-0.4, -0.2) is 19.6 Å². The Morgan fingerprint density at radius 2 is 1.80 bits per heavy atom. The van der Waals surface area contributed by atoms with Crippen LogP contribution in [-0.2, 0) is 0 Å². The smallest absolute Gasteiger partial charge is 0.00486 e. The van der Waals surface area contributed by atoms with E-state index in [-0.39, 0.29) is 24.8 Å². The normalized spacial score (nSPS) is 7.80. The van der Waals surface area contributed by atoms with Gasteiger partial charge in [0.25, 0.3) is 0 Å². The van der Waals surface area contributed by atoms with Crippen LogP contribution in [0.5, 0.6) is 0 Å². The Morgan fingerprint density at radius 1 is 1.20 bits per heavy atom. The average molecular weight is 189 g/mol. The van der Waals surface area contributed by atoms with Crippen LogP contribution in [0.1, 0.15) is 19.8 Å². The van der Waals surface area contributed by atoms with Crippen LogP contribution in [0.2, 0.25) is 0 Å². The van der Waals surface area contributed by atoms with E-state index < -0.39 is 0 Å². The SMILES string of the molecule is CCNCCCCN.Cl.Cl. The van der Waals surface area contributed by atoms with Gasteiger partial charge in [-0.3, -0.25) is 0 Å². The first-order chi connectivity index (χ1) is 3.91. The highest BCUT2D eigenvalue weighted by Crippen LogP contribution is 1.80. The molecule has 0 amide bonds. The third-order valence-corrected chi connectivity index (χ3v) is 1.06. The van der Waals surface area contributed by atoms with Gasteiger partial charge in [-0.05, 0) is 32.5 Å². The molecule has 0 aromatic heterocycles. The molecule has 0 aliphatic rings. The van der Waals surface area contributed by atoms with E-state index in [0.29, 0.717) is 0 Å². The molecule has 0 aliphatic heterocycles. The molecule has 0 heterocycles. The molecular formula is C6H18Cl2N2. The minimum Gasteiger partial charge on any atom is -0.330 e. The zero-order chi connectivity index (χ0) is 6.24. The number of halogens is 2. The average Bonchev–Trinajstić information content (AvgIpc) is 1.81. The molecule has 0 bridgehead atoms. The lowest BCUT2D eigenvalue weighted by molar-refractivity contribution is 0.646. The molecule has 0 atom stereocenters. The first-order valence-electron chi connectivity index (χ1n) is 3.32. The van der Waals surface area contributed by atoms with Gasteiger partial charge in [-0.1, -0.05) is 6.92 Å². The number of rotatable bonds is 5. The van der Waals surface area contributed by atoms with E-state index in [2.05, 4.69) is 12.2 Å². The minimum absolute atomic E-state index is 0. The number of nitrogens with two attached hydrogens (primary N) is 1. The van der Waals surface area contributed by atoms with E-state index >= 15 is 0 Å². The molecule has 0 saturated heterocycles. The second kappa shape index (κ2) is 16.2. The van der Waals surface area contributed by atoms with Gasteiger partial charge in [-0.25, -0.2) is 0 Å². The van der Waals surface area contributed by atoms with Crippen LogP contribution in [0, 0.1) is 0 Å². The van der Waals surface area contributed by atoms with Crippen LogP contribution in [0.4, 0.5) is 0 Å². The van der Waals surface area contributed by atoms with Crippen molar-refractivity contribution in [2.75, 3.05) is 19.6 Å². The highest BCUT2D eigenvalue weighted by molar-refractivity contribution is 5.85. The quantitative estimate of drug-likeness (QED) is 0.637. The Morgan fingerprint density at radius 3 is 2.20 bits per heavy atom. The molecule has 4 heteroatoms. The van der Waals surface area contributed by atoms with E-state index in [9.17, 15) is 0 Å². The summed E-state index contributed by atoms with van der Waals surface area (Å²) in [5, 5.41) is 3.23. The largest absolute Gasteiger partial charge is 0.330 e. The topological polar surface area (TPSA) is 38.0 Å². The van der Waals surface area contributed by atoms with Crippen LogP contribution in [0.3, 0.4) is 0 Å². The summed E-state index contributed by atoms with van der Waals surface area (Å²) in [6.07, 6.45) is 2.36. The lowest BCUT2D eigenvalue weighted by Crippen LogP contribution is -2.15. The third kappa shape index (κ3) is 15.8. The Labute approximate surface area is 75.8 Å². The summed E-state index contributed by atoms with van der Waals surface area (Å²) >= 11 is 0. The number of unbranched alkanes of at least 4 members (excludes halogenated alkanes) is 1. The Balaban J connectivity index is -0.000000245. The van der Waals surface area contributed by atoms with E-state index in [1.54, 1.807) is 0 Å². The summed E-state index contributed by atoms with van der Waals surface area (Å²) in [5.74, 6) is 0. The summed E-state index contributed by atoms with van der Waals surface area (Å²) in [7, 11) is 0. The summed E-state index contributed by atoms with van der Waals surface area (Å²) < 4.78 is 0. The zero-order valence-electron chi connectivity index (χ0n) is 6.43. The van der Waals surface area contributed by atoms with E-state index in [4.69, 9.17) is 5.73 Å². The molecule has 0 saturated carbocycles. The Kier molecular flexibility index (Phi) is 27.4. The third-order valence-electron chi connectivity index (χ3n) is 1.06. The molecule has 3 N–H and O–H groups in total. The first-order valence-corrected chi connectivity index (χ1v) is 3.32. The predicted octanol–water partition coefficient (Wildman–Crippen LogP) is 1.18. The Hall–Kier alpha value is 0.500. The van der Waals surface area contributed by atoms with Crippen molar-refractivity contribution in [2.24, 2.45) is 5.73 Å². The molecule has 0 radical (unpaired) electrons. The molecular weight excluding hydrogens is 171 g/mol. The summed E-state index contributed by atoms with van der Waals surface area (Å²) in [6.45, 7) is 5.13. The zero-order valence-corrected chi connectivity index (χ0v) is 8.06. The van der Waals surface area contributed by atoms with Gasteiger partial charge in [0.05, 0.1) is 0 Å². The van der Waals surface area contributed by atoms with Gasteiger partial charge in [0.2, 0.25) is 0 Å². The van der Waals surface area contributed by atoms with Crippen molar-refractivity contribution in [2.45, 2.75) is 19.8 Å². The molecule has 0 unspecified atom stereocenters. The lowest BCUT2D eigenvalue weighted by atomic mass is 10.3. The molecule has 66 valence electrons. The van der Waals surface area contributed by atoms with E-state index in [0.717, 1.165) is 26.1 Å². The van der Waals surface area contributed by atoms with Crippen molar-refractivity contribution >= 4 is 24.8 Å². The van der Waals surface area contributed by atoms with Gasteiger partial charge in [0, 0.05) is 0 Å². The van der Waals surface area contributed by atoms with Crippen LogP contribution in [0.25, 0.3) is 0 Å². The van der Waals surface area contributed by atoms with Crippen molar-refractivity contribution in [3.8, 4) is 0 Å². The summed E-state index contributed by atoms with van der Waals surface area (Å²) in [5.41, 5.74) is 5.28. The van der Waals surface area contributed by atoms with Crippen LogP contribution < -0.4 is 11.1 Å². The minimum atomic E-state index is 0. The number of hydrogen-bond donors (Lipinski definition) is 2. The van der Waals surface area contributed by atoms with Gasteiger partial charge in [0.1, 0.15) is 0 Å². The molecule has 10 heavy (non-hydrogen) atoms. The summed E-state index contributed by atoms with van der Waals surface area (Å²) in [4.78, 5) is 0. The first kappa shape index (κ1) is 16.8. The standard InChI is InChI=1S/C6H16N2.2ClH/c1-2-8-6-4-3-5-7;;/h8H,2-7H2,1H3;2*1H. The molecule has 0 aliphatic carbocycles. The van der Waals surface area contributed by atoms with Gasteiger partial charge < -0.3 is 11.1 Å². The van der Waals surface area contributed by atoms with Crippen LogP contribution in [0.15, 0.2) is 0 Å². The molecule has 0 aromatic rings. The molecule has 0 aromatic carbocycles. The van der Waals surface area contributed by atoms with Crippen LogP contribution >= 0.6 is 24.8 Å². The van der Waals surface area contributed by atoms with E-state index in [1.807, 2.05) is 0 Å². The highest BCUT2D eigenvalue weighted by Gasteiger charge is 1.81. The number of nitrogens with one attached hydrogen (secondary N) is 1. The van der Waals surface area contributed by atoms with Crippen molar-refractivity contribution < 1.29 is 0 Å². The highest BCUT2D eigenvalue weighted by atomic mass is 35.5. The predicted molar refractivity (Wildman–Crippen MR) is 51.3 cm³/mol. The van der Waals surface area contributed by atoms with Crippen molar-refractivity contribution in [1.82, 2.24) is 5.32 Å². The van der Waals surface area contributed by atoms with Gasteiger partial charge >= 0.3 is 0 Å². The molecule has 0 spiro atoms. The summed E-state index contributed by atoms with van der Waals surface area (Å²) in [6, 6.07) is 0. The fourth-order valence-electron chi connectivity index (χ4n) is 0.571. The van der Waals surface area contributed by atoms with Gasteiger partial charge in [0.15, 0.2) is 0 Å². The van der Waals surface area contributed by atoms with Crippen molar-refractivity contribution in [1.29, 1.82) is 0 Å². The lowest BCUT2D eigenvalue weighted by Gasteiger charge is -1.97. The van der Waals surface area contributed by atoms with Crippen molar-refractivity contribution in [3.05, 3.63) is 0 Å². The second-order valence-corrected chi connectivity index (χ2v) is 1.85. The molecule has 0 fully saturated rings.